The average Bonchev–Trinajstić information content (AvgIpc) is 3.32. The molecule has 3 aromatic rings. The molecule has 29 heavy (non-hydrogen) atoms. The molecule has 0 unspecified atom stereocenters. The van der Waals surface area contributed by atoms with Gasteiger partial charge in [0.15, 0.2) is 0 Å². The van der Waals surface area contributed by atoms with Gasteiger partial charge in [-0.25, -0.2) is 0 Å². The smallest absolute Gasteiger partial charge is 0.310 e. The maximum atomic E-state index is 13.4. The van der Waals surface area contributed by atoms with Crippen LogP contribution in [0.15, 0.2) is 41.8 Å². The van der Waals surface area contributed by atoms with Crippen LogP contribution in [0.4, 0.5) is 0 Å². The molecule has 6 heteroatoms. The van der Waals surface area contributed by atoms with E-state index in [0.29, 0.717) is 31.9 Å². The molecule has 1 atom stereocenters. The second-order valence-corrected chi connectivity index (χ2v) is 8.52. The Morgan fingerprint density at radius 2 is 2.00 bits per heavy atom. The van der Waals surface area contributed by atoms with E-state index in [4.69, 9.17) is 4.74 Å². The van der Waals surface area contributed by atoms with E-state index in [9.17, 15) is 9.59 Å². The molecular formula is C23H26N2O3S. The van der Waals surface area contributed by atoms with Crippen LogP contribution in [0, 0.1) is 12.8 Å². The van der Waals surface area contributed by atoms with E-state index in [-0.39, 0.29) is 17.8 Å². The standard InChI is InChI=1S/C23H26N2O3S/c1-3-28-23(27)19-5-4-11-24(15-19)21(26)20-13-18-10-12-29-22(18)25(20)14-17-8-6-16(2)7-9-17/h6-10,12-13,19H,3-5,11,14-15H2,1-2H3/t19-/m0/s1. The third-order valence-electron chi connectivity index (χ3n) is 5.51. The van der Waals surface area contributed by atoms with Crippen molar-refractivity contribution in [3.05, 3.63) is 58.6 Å². The van der Waals surface area contributed by atoms with Crippen LogP contribution >= 0.6 is 11.3 Å². The van der Waals surface area contributed by atoms with Crippen LogP contribution in [0.5, 0.6) is 0 Å². The Kier molecular flexibility index (Phi) is 5.72. The molecule has 1 aliphatic rings. The Hall–Kier alpha value is -2.60. The Labute approximate surface area is 174 Å². The van der Waals surface area contributed by atoms with Crippen LogP contribution in [0.2, 0.25) is 0 Å². The molecule has 5 nitrogen and oxygen atoms in total. The zero-order valence-electron chi connectivity index (χ0n) is 16.9. The molecule has 0 bridgehead atoms. The van der Waals surface area contributed by atoms with Crippen LogP contribution in [-0.4, -0.2) is 41.0 Å². The first-order chi connectivity index (χ1) is 14.1. The van der Waals surface area contributed by atoms with Crippen molar-refractivity contribution in [1.29, 1.82) is 0 Å². The van der Waals surface area contributed by atoms with Crippen molar-refractivity contribution < 1.29 is 14.3 Å². The molecule has 0 radical (unpaired) electrons. The summed E-state index contributed by atoms with van der Waals surface area (Å²) in [6, 6.07) is 12.5. The minimum Gasteiger partial charge on any atom is -0.466 e. The Balaban J connectivity index is 1.61. The zero-order chi connectivity index (χ0) is 20.4. The van der Waals surface area contributed by atoms with E-state index in [1.807, 2.05) is 17.9 Å². The van der Waals surface area contributed by atoms with E-state index in [0.717, 1.165) is 23.1 Å². The number of nitrogens with zero attached hydrogens (tertiary/aromatic N) is 2. The van der Waals surface area contributed by atoms with Crippen LogP contribution in [0.1, 0.15) is 41.4 Å². The zero-order valence-corrected chi connectivity index (χ0v) is 17.7. The number of esters is 1. The second kappa shape index (κ2) is 8.41. The summed E-state index contributed by atoms with van der Waals surface area (Å²) in [6.45, 7) is 6.02. The lowest BCUT2D eigenvalue weighted by molar-refractivity contribution is -0.149. The Bertz CT molecular complexity index is 1020. The summed E-state index contributed by atoms with van der Waals surface area (Å²) in [6.07, 6.45) is 1.60. The molecule has 0 saturated carbocycles. The van der Waals surface area contributed by atoms with E-state index in [1.54, 1.807) is 11.3 Å². The van der Waals surface area contributed by atoms with Gasteiger partial charge in [-0.3, -0.25) is 9.59 Å². The predicted molar refractivity (Wildman–Crippen MR) is 115 cm³/mol. The molecule has 1 fully saturated rings. The van der Waals surface area contributed by atoms with Gasteiger partial charge in [0, 0.05) is 25.0 Å². The van der Waals surface area contributed by atoms with Gasteiger partial charge in [0.2, 0.25) is 0 Å². The molecular weight excluding hydrogens is 384 g/mol. The van der Waals surface area contributed by atoms with E-state index >= 15 is 0 Å². The highest BCUT2D eigenvalue weighted by Crippen LogP contribution is 2.28. The highest BCUT2D eigenvalue weighted by atomic mass is 32.1. The average molecular weight is 411 g/mol. The second-order valence-electron chi connectivity index (χ2n) is 7.62. The van der Waals surface area contributed by atoms with Gasteiger partial charge in [0.05, 0.1) is 12.5 Å². The van der Waals surface area contributed by atoms with Gasteiger partial charge in [0.1, 0.15) is 10.5 Å². The van der Waals surface area contributed by atoms with Crippen molar-refractivity contribution >= 4 is 33.4 Å². The maximum absolute atomic E-state index is 13.4. The molecule has 0 aliphatic carbocycles. The van der Waals surface area contributed by atoms with Gasteiger partial charge < -0.3 is 14.2 Å². The van der Waals surface area contributed by atoms with Crippen LogP contribution in [0.25, 0.3) is 10.2 Å². The van der Waals surface area contributed by atoms with Crippen molar-refractivity contribution in [1.82, 2.24) is 9.47 Å². The summed E-state index contributed by atoms with van der Waals surface area (Å²) in [7, 11) is 0. The summed E-state index contributed by atoms with van der Waals surface area (Å²) in [5.74, 6) is -0.426. The molecule has 1 aromatic carbocycles. The number of hydrogen-bond donors (Lipinski definition) is 0. The number of benzene rings is 1. The Morgan fingerprint density at radius 1 is 1.21 bits per heavy atom. The number of ether oxygens (including phenoxy) is 1. The minimum absolute atomic E-state index is 0.00508. The third kappa shape index (κ3) is 4.08. The molecule has 0 N–H and O–H groups in total. The Morgan fingerprint density at radius 3 is 2.76 bits per heavy atom. The highest BCUT2D eigenvalue weighted by Gasteiger charge is 2.31. The first-order valence-electron chi connectivity index (χ1n) is 10.1. The van der Waals surface area contributed by atoms with Gasteiger partial charge >= 0.3 is 5.97 Å². The topological polar surface area (TPSA) is 51.5 Å². The lowest BCUT2D eigenvalue weighted by Crippen LogP contribution is -2.43. The van der Waals surface area contributed by atoms with E-state index in [1.165, 1.54) is 11.1 Å². The molecule has 0 spiro atoms. The van der Waals surface area contributed by atoms with Gasteiger partial charge in [-0.05, 0) is 49.8 Å². The number of fused-ring (bicyclic) bond motifs is 1. The lowest BCUT2D eigenvalue weighted by atomic mass is 9.98. The number of hydrogen-bond acceptors (Lipinski definition) is 4. The van der Waals surface area contributed by atoms with Gasteiger partial charge in [-0.2, -0.15) is 0 Å². The largest absolute Gasteiger partial charge is 0.466 e. The molecule has 1 saturated heterocycles. The number of aromatic nitrogens is 1. The maximum Gasteiger partial charge on any atom is 0.310 e. The number of rotatable bonds is 5. The fraction of sp³-hybridized carbons (Fsp3) is 0.391. The van der Waals surface area contributed by atoms with Crippen molar-refractivity contribution in [2.75, 3.05) is 19.7 Å². The summed E-state index contributed by atoms with van der Waals surface area (Å²) in [5, 5.41) is 3.15. The van der Waals surface area contributed by atoms with E-state index < -0.39 is 0 Å². The van der Waals surface area contributed by atoms with Crippen molar-refractivity contribution in [2.24, 2.45) is 5.92 Å². The quantitative estimate of drug-likeness (QED) is 0.583. The van der Waals surface area contributed by atoms with Crippen LogP contribution in [0.3, 0.4) is 0 Å². The van der Waals surface area contributed by atoms with Crippen LogP contribution in [-0.2, 0) is 16.1 Å². The van der Waals surface area contributed by atoms with Crippen molar-refractivity contribution in [3.63, 3.8) is 0 Å². The normalized spacial score (nSPS) is 16.9. The van der Waals surface area contributed by atoms with Gasteiger partial charge in [-0.1, -0.05) is 29.8 Å². The minimum atomic E-state index is -0.228. The first kappa shape index (κ1) is 19.7. The summed E-state index contributed by atoms with van der Waals surface area (Å²) in [4.78, 5) is 28.5. The molecule has 1 aliphatic heterocycles. The van der Waals surface area contributed by atoms with E-state index in [2.05, 4.69) is 47.2 Å². The molecule has 2 aromatic heterocycles. The van der Waals surface area contributed by atoms with Crippen LogP contribution < -0.4 is 0 Å². The fourth-order valence-electron chi connectivity index (χ4n) is 3.96. The molecule has 1 amide bonds. The SMILES string of the molecule is CCOC(=O)[C@H]1CCCN(C(=O)c2cc3ccsc3n2Cc2ccc(C)cc2)C1. The first-order valence-corrected chi connectivity index (χ1v) is 11.0. The summed E-state index contributed by atoms with van der Waals surface area (Å²) >= 11 is 1.65. The number of thiophene rings is 1. The summed E-state index contributed by atoms with van der Waals surface area (Å²) < 4.78 is 7.29. The fourth-order valence-corrected chi connectivity index (χ4v) is 4.86. The number of carbonyl (C=O) groups excluding carboxylic acids is 2. The predicted octanol–water partition coefficient (Wildman–Crippen LogP) is 4.47. The number of amides is 1. The van der Waals surface area contributed by atoms with Crippen molar-refractivity contribution in [3.8, 4) is 0 Å². The third-order valence-corrected chi connectivity index (χ3v) is 6.46. The number of piperidine rings is 1. The molecule has 4 rings (SSSR count). The highest BCUT2D eigenvalue weighted by molar-refractivity contribution is 7.16. The number of aryl methyl sites for hydroxylation is 1. The lowest BCUT2D eigenvalue weighted by Gasteiger charge is -2.31. The summed E-state index contributed by atoms with van der Waals surface area (Å²) in [5.41, 5.74) is 3.08. The van der Waals surface area contributed by atoms with Crippen molar-refractivity contribution in [2.45, 2.75) is 33.2 Å². The molecule has 3 heterocycles. The number of likely N-dealkylation sites (tertiary alicyclic amines) is 1. The van der Waals surface area contributed by atoms with Gasteiger partial charge in [-0.15, -0.1) is 11.3 Å². The van der Waals surface area contributed by atoms with Gasteiger partial charge in [0.25, 0.3) is 5.91 Å². The number of carbonyl (C=O) groups is 2. The monoisotopic (exact) mass is 410 g/mol. The molecule has 152 valence electrons.